The molecule has 2 aromatic carbocycles. The number of halogens is 1. The molecule has 2 aromatic rings. The summed E-state index contributed by atoms with van der Waals surface area (Å²) in [5.41, 5.74) is 5.84. The topological polar surface area (TPSA) is 9.23 Å². The van der Waals surface area contributed by atoms with Crippen molar-refractivity contribution in [3.8, 4) is 11.1 Å². The van der Waals surface area contributed by atoms with Crippen LogP contribution in [-0.2, 0) is 11.3 Å². The molecule has 2 rings (SSSR count). The Morgan fingerprint density at radius 2 is 1.67 bits per heavy atom. The number of methoxy groups -OCH3 is 1. The van der Waals surface area contributed by atoms with Gasteiger partial charge in [0.1, 0.15) is 0 Å². The van der Waals surface area contributed by atoms with Gasteiger partial charge in [0.15, 0.2) is 0 Å². The van der Waals surface area contributed by atoms with Gasteiger partial charge in [0.25, 0.3) is 0 Å². The van der Waals surface area contributed by atoms with Crippen molar-refractivity contribution < 1.29 is 4.74 Å². The lowest BCUT2D eigenvalue weighted by atomic mass is 10.00. The molecule has 0 amide bonds. The molecule has 0 spiro atoms. The van der Waals surface area contributed by atoms with Crippen LogP contribution in [0.4, 0.5) is 0 Å². The highest BCUT2D eigenvalue weighted by Crippen LogP contribution is 2.30. The predicted octanol–water partition coefficient (Wildman–Crippen LogP) is 4.77. The molecule has 0 aliphatic rings. The van der Waals surface area contributed by atoms with Gasteiger partial charge in [-0.3, -0.25) is 0 Å². The predicted molar refractivity (Wildman–Crippen MR) is 77.1 cm³/mol. The second-order valence-corrected chi connectivity index (χ2v) is 5.03. The fraction of sp³-hybridized carbons (Fsp3) is 0.250. The molecule has 2 heteroatoms. The third-order valence-electron chi connectivity index (χ3n) is 2.88. The summed E-state index contributed by atoms with van der Waals surface area (Å²) >= 11 is 6.35. The maximum atomic E-state index is 6.35. The van der Waals surface area contributed by atoms with E-state index in [4.69, 9.17) is 16.3 Å². The van der Waals surface area contributed by atoms with Crippen molar-refractivity contribution in [1.82, 2.24) is 0 Å². The summed E-state index contributed by atoms with van der Waals surface area (Å²) in [6.07, 6.45) is 0. The average molecular weight is 261 g/mol. The summed E-state index contributed by atoms with van der Waals surface area (Å²) < 4.78 is 5.11. The van der Waals surface area contributed by atoms with E-state index in [1.807, 2.05) is 6.07 Å². The van der Waals surface area contributed by atoms with E-state index in [-0.39, 0.29) is 0 Å². The van der Waals surface area contributed by atoms with Gasteiger partial charge in [0.2, 0.25) is 0 Å². The van der Waals surface area contributed by atoms with Crippen molar-refractivity contribution in [2.24, 2.45) is 0 Å². The molecule has 0 heterocycles. The van der Waals surface area contributed by atoms with Crippen LogP contribution in [0.3, 0.4) is 0 Å². The quantitative estimate of drug-likeness (QED) is 0.772. The lowest BCUT2D eigenvalue weighted by molar-refractivity contribution is 0.185. The lowest BCUT2D eigenvalue weighted by Crippen LogP contribution is -1.89. The molecule has 0 fully saturated rings. The normalized spacial score (nSPS) is 10.7. The zero-order valence-corrected chi connectivity index (χ0v) is 11.7. The third-order valence-corrected chi connectivity index (χ3v) is 3.19. The Hall–Kier alpha value is -1.31. The van der Waals surface area contributed by atoms with Gasteiger partial charge in [-0.2, -0.15) is 0 Å². The fourth-order valence-corrected chi connectivity index (χ4v) is 2.49. The van der Waals surface area contributed by atoms with Crippen LogP contribution in [0.2, 0.25) is 5.02 Å². The summed E-state index contributed by atoms with van der Waals surface area (Å²) in [5.74, 6) is 0. The van der Waals surface area contributed by atoms with Crippen molar-refractivity contribution in [1.29, 1.82) is 0 Å². The molecule has 0 atom stereocenters. The minimum atomic E-state index is 0.590. The van der Waals surface area contributed by atoms with Gasteiger partial charge in [0.05, 0.1) is 6.61 Å². The van der Waals surface area contributed by atoms with Crippen LogP contribution in [-0.4, -0.2) is 7.11 Å². The molecule has 0 N–H and O–H groups in total. The number of hydrogen-bond donors (Lipinski definition) is 0. The van der Waals surface area contributed by atoms with E-state index in [1.165, 1.54) is 16.7 Å². The monoisotopic (exact) mass is 260 g/mol. The van der Waals surface area contributed by atoms with Crippen molar-refractivity contribution in [2.45, 2.75) is 20.5 Å². The van der Waals surface area contributed by atoms with Gasteiger partial charge in [-0.25, -0.2) is 0 Å². The lowest BCUT2D eigenvalue weighted by Gasteiger charge is -2.09. The number of ether oxygens (including phenoxy) is 1. The first-order valence-corrected chi connectivity index (χ1v) is 6.34. The van der Waals surface area contributed by atoms with Crippen molar-refractivity contribution >= 4 is 11.6 Å². The molecule has 0 saturated carbocycles. The second kappa shape index (κ2) is 5.55. The minimum Gasteiger partial charge on any atom is -0.380 e. The standard InChI is InChI=1S/C16H17ClO/c1-11-6-12(2)8-14(7-11)15-5-4-13(10-18-3)9-16(15)17/h4-9H,10H2,1-3H3. The van der Waals surface area contributed by atoms with E-state index < -0.39 is 0 Å². The summed E-state index contributed by atoms with van der Waals surface area (Å²) in [4.78, 5) is 0. The van der Waals surface area contributed by atoms with E-state index in [2.05, 4.69) is 44.2 Å². The molecule has 1 nitrogen and oxygen atoms in total. The summed E-state index contributed by atoms with van der Waals surface area (Å²) in [5, 5.41) is 0.773. The zero-order valence-electron chi connectivity index (χ0n) is 11.0. The van der Waals surface area contributed by atoms with E-state index in [1.54, 1.807) is 7.11 Å². The summed E-state index contributed by atoms with van der Waals surface area (Å²) in [6, 6.07) is 12.6. The van der Waals surface area contributed by atoms with E-state index in [0.717, 1.165) is 16.1 Å². The molecule has 0 aliphatic heterocycles. The highest BCUT2D eigenvalue weighted by molar-refractivity contribution is 6.33. The molecule has 0 radical (unpaired) electrons. The fourth-order valence-electron chi connectivity index (χ4n) is 2.18. The third kappa shape index (κ3) is 2.92. The van der Waals surface area contributed by atoms with Crippen molar-refractivity contribution in [3.05, 3.63) is 58.1 Å². The van der Waals surface area contributed by atoms with Gasteiger partial charge < -0.3 is 4.74 Å². The van der Waals surface area contributed by atoms with Gasteiger partial charge in [-0.15, -0.1) is 0 Å². The Labute approximate surface area is 113 Å². The van der Waals surface area contributed by atoms with Crippen molar-refractivity contribution in [3.63, 3.8) is 0 Å². The number of aryl methyl sites for hydroxylation is 2. The second-order valence-electron chi connectivity index (χ2n) is 4.62. The molecular weight excluding hydrogens is 244 g/mol. The SMILES string of the molecule is COCc1ccc(-c2cc(C)cc(C)c2)c(Cl)c1. The molecular formula is C16H17ClO. The maximum absolute atomic E-state index is 6.35. The van der Waals surface area contributed by atoms with Gasteiger partial charge in [-0.05, 0) is 31.0 Å². The maximum Gasteiger partial charge on any atom is 0.0713 e. The first-order chi connectivity index (χ1) is 8.60. The smallest absolute Gasteiger partial charge is 0.0713 e. The van der Waals surface area contributed by atoms with Gasteiger partial charge in [0, 0.05) is 17.7 Å². The molecule has 0 unspecified atom stereocenters. The van der Waals surface area contributed by atoms with E-state index >= 15 is 0 Å². The van der Waals surface area contributed by atoms with Gasteiger partial charge in [-0.1, -0.05) is 53.1 Å². The Morgan fingerprint density at radius 3 is 2.22 bits per heavy atom. The molecule has 0 aliphatic carbocycles. The number of benzene rings is 2. The largest absolute Gasteiger partial charge is 0.380 e. The Bertz CT molecular complexity index is 541. The Morgan fingerprint density at radius 1 is 1.00 bits per heavy atom. The van der Waals surface area contributed by atoms with Crippen LogP contribution >= 0.6 is 11.6 Å². The summed E-state index contributed by atoms with van der Waals surface area (Å²) in [7, 11) is 1.69. The van der Waals surface area contributed by atoms with E-state index in [0.29, 0.717) is 6.61 Å². The number of hydrogen-bond acceptors (Lipinski definition) is 1. The average Bonchev–Trinajstić information content (AvgIpc) is 2.28. The molecule has 0 aromatic heterocycles. The van der Waals surface area contributed by atoms with Crippen molar-refractivity contribution in [2.75, 3.05) is 7.11 Å². The molecule has 0 saturated heterocycles. The van der Waals surface area contributed by atoms with Crippen LogP contribution in [0, 0.1) is 13.8 Å². The van der Waals surface area contributed by atoms with E-state index in [9.17, 15) is 0 Å². The first-order valence-electron chi connectivity index (χ1n) is 5.96. The van der Waals surface area contributed by atoms with Crippen LogP contribution in [0.15, 0.2) is 36.4 Å². The highest BCUT2D eigenvalue weighted by atomic mass is 35.5. The van der Waals surface area contributed by atoms with Crippen LogP contribution in [0.1, 0.15) is 16.7 Å². The summed E-state index contributed by atoms with van der Waals surface area (Å²) in [6.45, 7) is 4.79. The van der Waals surface area contributed by atoms with Crippen LogP contribution < -0.4 is 0 Å². The molecule has 18 heavy (non-hydrogen) atoms. The van der Waals surface area contributed by atoms with Crippen LogP contribution in [0.5, 0.6) is 0 Å². The number of rotatable bonds is 3. The Balaban J connectivity index is 2.44. The molecule has 0 bridgehead atoms. The van der Waals surface area contributed by atoms with Gasteiger partial charge >= 0.3 is 0 Å². The molecule has 94 valence electrons. The zero-order chi connectivity index (χ0) is 13.1. The highest BCUT2D eigenvalue weighted by Gasteiger charge is 2.06. The van der Waals surface area contributed by atoms with Crippen LogP contribution in [0.25, 0.3) is 11.1 Å². The Kier molecular flexibility index (Phi) is 4.05. The minimum absolute atomic E-state index is 0.590. The first kappa shape index (κ1) is 13.1.